The Morgan fingerprint density at radius 2 is 2.47 bits per heavy atom. The Morgan fingerprint density at radius 3 is 3.26 bits per heavy atom. The third-order valence-corrected chi connectivity index (χ3v) is 4.19. The number of carbonyl (C=O) groups excluding carboxylic acids is 1. The fraction of sp³-hybridized carbons (Fsp3) is 0.462. The molecule has 0 unspecified atom stereocenters. The molecule has 3 heterocycles. The first-order chi connectivity index (χ1) is 9.24. The number of carbonyl (C=O) groups is 1. The van der Waals surface area contributed by atoms with Crippen LogP contribution in [-0.2, 0) is 24.2 Å². The number of thiophene rings is 1. The van der Waals surface area contributed by atoms with E-state index in [9.17, 15) is 4.79 Å². The van der Waals surface area contributed by atoms with Gasteiger partial charge >= 0.3 is 0 Å². The van der Waals surface area contributed by atoms with Crippen LogP contribution < -0.4 is 5.32 Å². The van der Waals surface area contributed by atoms with Gasteiger partial charge in [0, 0.05) is 17.8 Å². The smallest absolute Gasteiger partial charge is 0.225 e. The standard InChI is InChI=1S/C13H16N4OS/c1-9(13-16-15-11-5-2-6-17(11)13)14-12(18)8-10-4-3-7-19-10/h3-4,7,9H,2,5-6,8H2,1H3,(H,14,18)/t9-/m0/s1. The van der Waals surface area contributed by atoms with E-state index in [1.165, 1.54) is 0 Å². The summed E-state index contributed by atoms with van der Waals surface area (Å²) in [5.41, 5.74) is 0. The van der Waals surface area contributed by atoms with Gasteiger partial charge in [-0.1, -0.05) is 6.07 Å². The number of amides is 1. The van der Waals surface area contributed by atoms with Crippen LogP contribution in [0.15, 0.2) is 17.5 Å². The number of hydrogen-bond donors (Lipinski definition) is 1. The van der Waals surface area contributed by atoms with Crippen LogP contribution in [0.5, 0.6) is 0 Å². The Labute approximate surface area is 115 Å². The van der Waals surface area contributed by atoms with E-state index in [-0.39, 0.29) is 11.9 Å². The lowest BCUT2D eigenvalue weighted by molar-refractivity contribution is -0.121. The van der Waals surface area contributed by atoms with Crippen molar-refractivity contribution in [2.24, 2.45) is 0 Å². The summed E-state index contributed by atoms with van der Waals surface area (Å²) in [4.78, 5) is 13.0. The summed E-state index contributed by atoms with van der Waals surface area (Å²) in [7, 11) is 0. The van der Waals surface area contributed by atoms with Crippen LogP contribution in [0.2, 0.25) is 0 Å². The molecule has 0 saturated heterocycles. The van der Waals surface area contributed by atoms with Crippen molar-refractivity contribution < 1.29 is 4.79 Å². The summed E-state index contributed by atoms with van der Waals surface area (Å²) < 4.78 is 2.12. The highest BCUT2D eigenvalue weighted by Crippen LogP contribution is 2.19. The molecule has 100 valence electrons. The third kappa shape index (κ3) is 2.53. The number of hydrogen-bond acceptors (Lipinski definition) is 4. The molecular formula is C13H16N4OS. The summed E-state index contributed by atoms with van der Waals surface area (Å²) in [6.07, 6.45) is 2.54. The van der Waals surface area contributed by atoms with Crippen LogP contribution in [0.4, 0.5) is 0 Å². The minimum Gasteiger partial charge on any atom is -0.346 e. The number of rotatable bonds is 4. The fourth-order valence-electron chi connectivity index (χ4n) is 2.42. The second-order valence-corrected chi connectivity index (χ2v) is 5.81. The molecule has 1 N–H and O–H groups in total. The molecule has 0 bridgehead atoms. The molecule has 1 amide bonds. The van der Waals surface area contributed by atoms with E-state index in [2.05, 4.69) is 20.1 Å². The number of nitrogens with zero attached hydrogens (tertiary/aromatic N) is 3. The van der Waals surface area contributed by atoms with E-state index in [1.54, 1.807) is 11.3 Å². The largest absolute Gasteiger partial charge is 0.346 e. The summed E-state index contributed by atoms with van der Waals surface area (Å²) >= 11 is 1.60. The highest BCUT2D eigenvalue weighted by Gasteiger charge is 2.22. The Kier molecular flexibility index (Phi) is 3.33. The van der Waals surface area contributed by atoms with Crippen LogP contribution in [0.1, 0.15) is 35.9 Å². The van der Waals surface area contributed by atoms with Gasteiger partial charge in [0.2, 0.25) is 5.91 Å². The van der Waals surface area contributed by atoms with E-state index < -0.39 is 0 Å². The zero-order valence-electron chi connectivity index (χ0n) is 10.8. The number of fused-ring (bicyclic) bond motifs is 1. The maximum Gasteiger partial charge on any atom is 0.225 e. The lowest BCUT2D eigenvalue weighted by Gasteiger charge is -2.13. The van der Waals surface area contributed by atoms with Gasteiger partial charge in [0.05, 0.1) is 12.5 Å². The second kappa shape index (κ2) is 5.13. The van der Waals surface area contributed by atoms with Crippen LogP contribution >= 0.6 is 11.3 Å². The van der Waals surface area contributed by atoms with Gasteiger partial charge in [-0.25, -0.2) is 0 Å². The quantitative estimate of drug-likeness (QED) is 0.924. The molecule has 3 rings (SSSR count). The molecule has 0 radical (unpaired) electrons. The average Bonchev–Trinajstić information content (AvgIpc) is 3.03. The maximum atomic E-state index is 12.0. The Hall–Kier alpha value is -1.69. The van der Waals surface area contributed by atoms with Crippen molar-refractivity contribution in [1.29, 1.82) is 0 Å². The first-order valence-electron chi connectivity index (χ1n) is 6.48. The van der Waals surface area contributed by atoms with E-state index >= 15 is 0 Å². The molecule has 0 saturated carbocycles. The average molecular weight is 276 g/mol. The highest BCUT2D eigenvalue weighted by atomic mass is 32.1. The van der Waals surface area contributed by atoms with Crippen molar-refractivity contribution in [2.75, 3.05) is 0 Å². The molecule has 2 aromatic heterocycles. The van der Waals surface area contributed by atoms with Crippen LogP contribution in [0, 0.1) is 0 Å². The summed E-state index contributed by atoms with van der Waals surface area (Å²) in [5.74, 6) is 1.94. The number of nitrogens with one attached hydrogen (secondary N) is 1. The molecule has 0 fully saturated rings. The lowest BCUT2D eigenvalue weighted by atomic mass is 10.2. The predicted molar refractivity (Wildman–Crippen MR) is 72.9 cm³/mol. The minimum atomic E-state index is -0.0909. The van der Waals surface area contributed by atoms with Crippen molar-refractivity contribution >= 4 is 17.2 Å². The molecule has 2 aromatic rings. The number of aryl methyl sites for hydroxylation is 1. The fourth-order valence-corrected chi connectivity index (χ4v) is 3.13. The zero-order chi connectivity index (χ0) is 13.2. The summed E-state index contributed by atoms with van der Waals surface area (Å²) in [5, 5.41) is 13.3. The first-order valence-corrected chi connectivity index (χ1v) is 7.35. The molecule has 1 atom stereocenters. The SMILES string of the molecule is C[C@H](NC(=O)Cc1cccs1)c1nnc2n1CCC2. The van der Waals surface area contributed by atoms with Gasteiger partial charge in [-0.3, -0.25) is 4.79 Å². The second-order valence-electron chi connectivity index (χ2n) is 4.77. The van der Waals surface area contributed by atoms with E-state index in [1.807, 2.05) is 24.4 Å². The third-order valence-electron chi connectivity index (χ3n) is 3.32. The molecule has 19 heavy (non-hydrogen) atoms. The van der Waals surface area contributed by atoms with Crippen LogP contribution in [0.3, 0.4) is 0 Å². The Bertz CT molecular complexity index is 575. The highest BCUT2D eigenvalue weighted by molar-refractivity contribution is 7.10. The first kappa shape index (κ1) is 12.3. The van der Waals surface area contributed by atoms with Crippen molar-refractivity contribution in [3.8, 4) is 0 Å². The lowest BCUT2D eigenvalue weighted by Crippen LogP contribution is -2.29. The van der Waals surface area contributed by atoms with Gasteiger partial charge in [-0.15, -0.1) is 21.5 Å². The molecule has 0 aromatic carbocycles. The summed E-state index contributed by atoms with van der Waals surface area (Å²) in [6.45, 7) is 2.92. The van der Waals surface area contributed by atoms with Crippen molar-refractivity contribution in [3.05, 3.63) is 34.0 Å². The number of aromatic nitrogens is 3. The molecule has 6 heteroatoms. The van der Waals surface area contributed by atoms with Gasteiger partial charge in [-0.2, -0.15) is 0 Å². The predicted octanol–water partition coefficient (Wildman–Crippen LogP) is 1.71. The monoisotopic (exact) mass is 276 g/mol. The zero-order valence-corrected chi connectivity index (χ0v) is 11.6. The van der Waals surface area contributed by atoms with Crippen molar-refractivity contribution in [3.63, 3.8) is 0 Å². The van der Waals surface area contributed by atoms with E-state index in [0.717, 1.165) is 35.9 Å². The molecular weight excluding hydrogens is 260 g/mol. The van der Waals surface area contributed by atoms with E-state index in [4.69, 9.17) is 0 Å². The van der Waals surface area contributed by atoms with Gasteiger partial charge in [-0.05, 0) is 24.8 Å². The van der Waals surface area contributed by atoms with Gasteiger partial charge < -0.3 is 9.88 Å². The van der Waals surface area contributed by atoms with Gasteiger partial charge in [0.15, 0.2) is 5.82 Å². The van der Waals surface area contributed by atoms with Gasteiger partial charge in [0.1, 0.15) is 5.82 Å². The van der Waals surface area contributed by atoms with Crippen LogP contribution in [-0.4, -0.2) is 20.7 Å². The molecule has 1 aliphatic rings. The molecule has 5 nitrogen and oxygen atoms in total. The van der Waals surface area contributed by atoms with Crippen molar-refractivity contribution in [1.82, 2.24) is 20.1 Å². The minimum absolute atomic E-state index is 0.0327. The molecule has 0 spiro atoms. The van der Waals surface area contributed by atoms with Gasteiger partial charge in [0.25, 0.3) is 0 Å². The Balaban J connectivity index is 1.64. The maximum absolute atomic E-state index is 12.0. The summed E-state index contributed by atoms with van der Waals surface area (Å²) in [6, 6.07) is 3.85. The topological polar surface area (TPSA) is 59.8 Å². The Morgan fingerprint density at radius 1 is 1.58 bits per heavy atom. The van der Waals surface area contributed by atoms with Crippen molar-refractivity contribution in [2.45, 2.75) is 38.8 Å². The van der Waals surface area contributed by atoms with E-state index in [0.29, 0.717) is 6.42 Å². The molecule has 0 aliphatic carbocycles. The normalized spacial score (nSPS) is 15.2. The van der Waals surface area contributed by atoms with Crippen LogP contribution in [0.25, 0.3) is 0 Å². The molecule has 1 aliphatic heterocycles.